The van der Waals surface area contributed by atoms with Gasteiger partial charge in [0.05, 0.1) is 11.3 Å². The summed E-state index contributed by atoms with van der Waals surface area (Å²) in [5, 5.41) is 14.3. The summed E-state index contributed by atoms with van der Waals surface area (Å²) in [6.07, 6.45) is 0.631. The fourth-order valence-electron chi connectivity index (χ4n) is 1.46. The highest BCUT2D eigenvalue weighted by Crippen LogP contribution is 2.16. The first-order valence-corrected chi connectivity index (χ1v) is 6.61. The highest BCUT2D eigenvalue weighted by molar-refractivity contribution is 7.11. The van der Waals surface area contributed by atoms with Gasteiger partial charge in [-0.25, -0.2) is 4.98 Å². The van der Waals surface area contributed by atoms with E-state index in [4.69, 9.17) is 4.74 Å². The Morgan fingerprint density at radius 3 is 2.71 bits per heavy atom. The average molecular weight is 258 g/mol. The number of rotatable bonds is 7. The van der Waals surface area contributed by atoms with Gasteiger partial charge in [0.1, 0.15) is 5.01 Å². The molecule has 0 spiro atoms. The van der Waals surface area contributed by atoms with Gasteiger partial charge in [-0.2, -0.15) is 0 Å². The van der Waals surface area contributed by atoms with Gasteiger partial charge >= 0.3 is 0 Å². The molecule has 17 heavy (non-hydrogen) atoms. The normalized spacial score (nSPS) is 14.9. The van der Waals surface area contributed by atoms with Crippen molar-refractivity contribution in [1.29, 1.82) is 0 Å². The molecule has 1 atom stereocenters. The fraction of sp³-hybridized carbons (Fsp3) is 0.750. The molecule has 0 amide bonds. The van der Waals surface area contributed by atoms with Crippen molar-refractivity contribution < 1.29 is 9.84 Å². The van der Waals surface area contributed by atoms with E-state index in [9.17, 15) is 5.11 Å². The van der Waals surface area contributed by atoms with Gasteiger partial charge in [-0.05, 0) is 20.8 Å². The molecule has 4 nitrogen and oxygen atoms in total. The van der Waals surface area contributed by atoms with Crippen molar-refractivity contribution in [2.45, 2.75) is 39.3 Å². The van der Waals surface area contributed by atoms with Gasteiger partial charge in [0.25, 0.3) is 0 Å². The summed E-state index contributed by atoms with van der Waals surface area (Å²) in [4.78, 5) is 5.70. The Labute approximate surface area is 107 Å². The van der Waals surface area contributed by atoms with E-state index < -0.39 is 5.60 Å². The van der Waals surface area contributed by atoms with Crippen LogP contribution in [0.5, 0.6) is 0 Å². The zero-order valence-corrected chi connectivity index (χ0v) is 11.9. The standard InChI is InChI=1S/C12H22N2O2S/c1-9-10(2)17-11(14-9)7-13-8-12(3,15)5-6-16-4/h13,15H,5-8H2,1-4H3. The Balaban J connectivity index is 2.31. The highest BCUT2D eigenvalue weighted by atomic mass is 32.1. The number of aryl methyl sites for hydroxylation is 2. The van der Waals surface area contributed by atoms with Crippen molar-refractivity contribution >= 4 is 11.3 Å². The summed E-state index contributed by atoms with van der Waals surface area (Å²) >= 11 is 1.70. The van der Waals surface area contributed by atoms with E-state index in [1.54, 1.807) is 18.4 Å². The lowest BCUT2D eigenvalue weighted by atomic mass is 10.0. The third-order valence-corrected chi connectivity index (χ3v) is 3.77. The SMILES string of the molecule is COCCC(C)(O)CNCc1nc(C)c(C)s1. The van der Waals surface area contributed by atoms with Crippen molar-refractivity contribution in [3.05, 3.63) is 15.6 Å². The second kappa shape index (κ2) is 6.44. The third-order valence-electron chi connectivity index (χ3n) is 2.70. The van der Waals surface area contributed by atoms with E-state index >= 15 is 0 Å². The molecule has 0 radical (unpaired) electrons. The van der Waals surface area contributed by atoms with Crippen LogP contribution in [0.1, 0.15) is 28.9 Å². The molecule has 0 aliphatic rings. The molecule has 2 N–H and O–H groups in total. The van der Waals surface area contributed by atoms with Crippen LogP contribution in [0.4, 0.5) is 0 Å². The lowest BCUT2D eigenvalue weighted by Gasteiger charge is -2.23. The molecule has 0 aliphatic carbocycles. The molecule has 1 heterocycles. The number of nitrogens with zero attached hydrogens (tertiary/aromatic N) is 1. The minimum Gasteiger partial charge on any atom is -0.389 e. The number of hydrogen-bond acceptors (Lipinski definition) is 5. The second-order valence-electron chi connectivity index (χ2n) is 4.59. The van der Waals surface area contributed by atoms with E-state index in [-0.39, 0.29) is 0 Å². The van der Waals surface area contributed by atoms with Crippen molar-refractivity contribution in [2.24, 2.45) is 0 Å². The molecule has 1 unspecified atom stereocenters. The summed E-state index contributed by atoms with van der Waals surface area (Å²) in [5.74, 6) is 0. The van der Waals surface area contributed by atoms with Gasteiger partial charge in [0.2, 0.25) is 0 Å². The summed E-state index contributed by atoms with van der Waals surface area (Å²) in [6.45, 7) is 7.74. The molecule has 0 bridgehead atoms. The number of methoxy groups -OCH3 is 1. The monoisotopic (exact) mass is 258 g/mol. The number of aliphatic hydroxyl groups is 1. The Morgan fingerprint density at radius 2 is 2.18 bits per heavy atom. The van der Waals surface area contributed by atoms with Crippen LogP contribution in [0.25, 0.3) is 0 Å². The van der Waals surface area contributed by atoms with E-state index in [1.165, 1.54) is 4.88 Å². The lowest BCUT2D eigenvalue weighted by Crippen LogP contribution is -2.38. The van der Waals surface area contributed by atoms with Crippen LogP contribution in [0, 0.1) is 13.8 Å². The average Bonchev–Trinajstić information content (AvgIpc) is 2.55. The molecule has 1 aromatic heterocycles. The quantitative estimate of drug-likeness (QED) is 0.780. The first-order chi connectivity index (χ1) is 7.94. The van der Waals surface area contributed by atoms with Gasteiger partial charge in [-0.15, -0.1) is 11.3 Å². The highest BCUT2D eigenvalue weighted by Gasteiger charge is 2.19. The fourth-order valence-corrected chi connectivity index (χ4v) is 2.37. The Kier molecular flexibility index (Phi) is 5.52. The molecule has 0 saturated heterocycles. The summed E-state index contributed by atoms with van der Waals surface area (Å²) in [7, 11) is 1.64. The van der Waals surface area contributed by atoms with Crippen molar-refractivity contribution in [1.82, 2.24) is 10.3 Å². The van der Waals surface area contributed by atoms with Gasteiger partial charge in [-0.3, -0.25) is 0 Å². The summed E-state index contributed by atoms with van der Waals surface area (Å²) in [5.41, 5.74) is 0.370. The number of aromatic nitrogens is 1. The van der Waals surface area contributed by atoms with E-state index in [0.29, 0.717) is 26.1 Å². The maximum atomic E-state index is 10.0. The predicted octanol–water partition coefficient (Wildman–Crippen LogP) is 1.64. The number of ether oxygens (including phenoxy) is 1. The molecule has 0 aromatic carbocycles. The Bertz CT molecular complexity index is 331. The van der Waals surface area contributed by atoms with E-state index in [2.05, 4.69) is 17.2 Å². The van der Waals surface area contributed by atoms with E-state index in [0.717, 1.165) is 10.7 Å². The van der Waals surface area contributed by atoms with Gasteiger partial charge in [0, 0.05) is 38.1 Å². The topological polar surface area (TPSA) is 54.4 Å². The van der Waals surface area contributed by atoms with Gasteiger partial charge in [-0.1, -0.05) is 0 Å². The van der Waals surface area contributed by atoms with Gasteiger partial charge < -0.3 is 15.2 Å². The minimum absolute atomic E-state index is 0.550. The third kappa shape index (κ3) is 5.12. The zero-order valence-electron chi connectivity index (χ0n) is 11.0. The van der Waals surface area contributed by atoms with Crippen molar-refractivity contribution in [3.8, 4) is 0 Å². The smallest absolute Gasteiger partial charge is 0.107 e. The number of nitrogens with one attached hydrogen (secondary N) is 1. The largest absolute Gasteiger partial charge is 0.389 e. The van der Waals surface area contributed by atoms with E-state index in [1.807, 2.05) is 13.8 Å². The van der Waals surface area contributed by atoms with Gasteiger partial charge in [0.15, 0.2) is 0 Å². The van der Waals surface area contributed by atoms with Crippen molar-refractivity contribution in [2.75, 3.05) is 20.3 Å². The van der Waals surface area contributed by atoms with Crippen LogP contribution >= 0.6 is 11.3 Å². The molecule has 98 valence electrons. The zero-order chi connectivity index (χ0) is 12.9. The number of thiazole rings is 1. The Hall–Kier alpha value is -0.490. The predicted molar refractivity (Wildman–Crippen MR) is 70.4 cm³/mol. The maximum Gasteiger partial charge on any atom is 0.107 e. The van der Waals surface area contributed by atoms with Crippen LogP contribution in [-0.4, -0.2) is 36.0 Å². The minimum atomic E-state index is -0.725. The maximum absolute atomic E-state index is 10.0. The molecular formula is C12H22N2O2S. The molecule has 1 rings (SSSR count). The van der Waals surface area contributed by atoms with Crippen LogP contribution in [0.2, 0.25) is 0 Å². The number of hydrogen-bond donors (Lipinski definition) is 2. The molecule has 0 fully saturated rings. The van der Waals surface area contributed by atoms with Crippen LogP contribution in [0.15, 0.2) is 0 Å². The van der Waals surface area contributed by atoms with Crippen LogP contribution < -0.4 is 5.32 Å². The van der Waals surface area contributed by atoms with Crippen molar-refractivity contribution in [3.63, 3.8) is 0 Å². The van der Waals surface area contributed by atoms with Crippen LogP contribution in [-0.2, 0) is 11.3 Å². The summed E-state index contributed by atoms with van der Waals surface area (Å²) < 4.78 is 4.96. The lowest BCUT2D eigenvalue weighted by molar-refractivity contribution is 0.0247. The second-order valence-corrected chi connectivity index (χ2v) is 5.88. The first-order valence-electron chi connectivity index (χ1n) is 5.79. The molecule has 0 aliphatic heterocycles. The summed E-state index contributed by atoms with van der Waals surface area (Å²) in [6, 6.07) is 0. The molecule has 1 aromatic rings. The molecular weight excluding hydrogens is 236 g/mol. The molecule has 5 heteroatoms. The first kappa shape index (κ1) is 14.6. The molecule has 0 saturated carbocycles. The Morgan fingerprint density at radius 1 is 1.47 bits per heavy atom. The van der Waals surface area contributed by atoms with Crippen LogP contribution in [0.3, 0.4) is 0 Å².